The van der Waals surface area contributed by atoms with Gasteiger partial charge in [-0.15, -0.1) is 0 Å². The summed E-state index contributed by atoms with van der Waals surface area (Å²) in [6.45, 7) is 9.05. The van der Waals surface area contributed by atoms with Crippen molar-refractivity contribution in [1.29, 1.82) is 0 Å². The second kappa shape index (κ2) is 14.2. The second-order valence-electron chi connectivity index (χ2n) is 5.00. The maximum atomic E-state index is 5.91. The molecule has 0 aliphatic heterocycles. The van der Waals surface area contributed by atoms with Gasteiger partial charge in [-0.3, -0.25) is 0 Å². The van der Waals surface area contributed by atoms with E-state index in [9.17, 15) is 0 Å². The van der Waals surface area contributed by atoms with Crippen LogP contribution >= 0.6 is 0 Å². The quantitative estimate of drug-likeness (QED) is 0.372. The van der Waals surface area contributed by atoms with E-state index in [1.165, 1.54) is 44.6 Å². The highest BCUT2D eigenvalue weighted by Crippen LogP contribution is 2.13. The Morgan fingerprint density at radius 2 is 1.20 bits per heavy atom. The first-order chi connectivity index (χ1) is 9.74. The SMILES string of the molecule is CCO[Si](OCC)(OCC)[SiH2]CCCCCCCCN. The average Bonchev–Trinajstić information content (AvgIpc) is 2.43. The normalized spacial score (nSPS) is 12.6. The fourth-order valence-electron chi connectivity index (χ4n) is 2.37. The van der Waals surface area contributed by atoms with Crippen LogP contribution in [0.15, 0.2) is 0 Å². The van der Waals surface area contributed by atoms with E-state index in [2.05, 4.69) is 0 Å². The average molecular weight is 322 g/mol. The summed E-state index contributed by atoms with van der Waals surface area (Å²) in [5, 5.41) is 0. The van der Waals surface area contributed by atoms with Crippen LogP contribution in [-0.2, 0) is 13.3 Å². The lowest BCUT2D eigenvalue weighted by atomic mass is 10.1. The molecule has 20 heavy (non-hydrogen) atoms. The third-order valence-corrected chi connectivity index (χ3v) is 11.7. The second-order valence-corrected chi connectivity index (χ2v) is 12.5. The monoisotopic (exact) mass is 321 g/mol. The highest BCUT2D eigenvalue weighted by atomic mass is 29.2. The molecule has 0 aliphatic rings. The van der Waals surface area contributed by atoms with Gasteiger partial charge in [0.15, 0.2) is 0 Å². The minimum atomic E-state index is -2.25. The molecule has 122 valence electrons. The first-order valence-electron chi connectivity index (χ1n) is 8.36. The molecule has 0 amide bonds. The molecule has 0 fully saturated rings. The molecule has 0 aromatic carbocycles. The van der Waals surface area contributed by atoms with Crippen molar-refractivity contribution in [3.05, 3.63) is 0 Å². The van der Waals surface area contributed by atoms with Gasteiger partial charge in [-0.25, -0.2) is 0 Å². The van der Waals surface area contributed by atoms with Gasteiger partial charge in [0, 0.05) is 19.8 Å². The standard InChI is InChI=1S/C14H35NO3Si2/c1-4-16-20(17-5-2,18-6-3)19-14-12-10-8-7-9-11-13-15/h4-15,19H2,1-3H3. The molecule has 0 saturated carbocycles. The van der Waals surface area contributed by atoms with Gasteiger partial charge < -0.3 is 19.0 Å². The molecule has 0 aliphatic carbocycles. The number of hydrogen-bond acceptors (Lipinski definition) is 4. The Morgan fingerprint density at radius 3 is 1.65 bits per heavy atom. The lowest BCUT2D eigenvalue weighted by Gasteiger charge is -2.28. The van der Waals surface area contributed by atoms with E-state index in [1.54, 1.807) is 0 Å². The van der Waals surface area contributed by atoms with Gasteiger partial charge >= 0.3 is 8.32 Å². The Hall–Kier alpha value is 0.274. The van der Waals surface area contributed by atoms with E-state index < -0.39 is 17.4 Å². The molecule has 0 aromatic heterocycles. The van der Waals surface area contributed by atoms with Crippen molar-refractivity contribution in [1.82, 2.24) is 0 Å². The minimum Gasteiger partial charge on any atom is -0.377 e. The van der Waals surface area contributed by atoms with Gasteiger partial charge in [0.05, 0.1) is 0 Å². The molecular formula is C14H35NO3Si2. The van der Waals surface area contributed by atoms with Crippen molar-refractivity contribution in [2.75, 3.05) is 26.4 Å². The van der Waals surface area contributed by atoms with E-state index in [0.717, 1.165) is 6.54 Å². The first kappa shape index (κ1) is 20.3. The largest absolute Gasteiger partial charge is 0.462 e. The molecule has 0 rings (SSSR count). The molecule has 0 heterocycles. The van der Waals surface area contributed by atoms with Crippen LogP contribution in [-0.4, -0.2) is 43.7 Å². The summed E-state index contributed by atoms with van der Waals surface area (Å²) in [6.07, 6.45) is 7.74. The zero-order chi connectivity index (χ0) is 15.1. The predicted octanol–water partition coefficient (Wildman–Crippen LogP) is 2.42. The smallest absolute Gasteiger partial charge is 0.377 e. The highest BCUT2D eigenvalue weighted by Gasteiger charge is 2.38. The Morgan fingerprint density at radius 1 is 0.750 bits per heavy atom. The molecular weight excluding hydrogens is 286 g/mol. The van der Waals surface area contributed by atoms with Gasteiger partial charge in [-0.1, -0.05) is 38.1 Å². The predicted molar refractivity (Wildman–Crippen MR) is 90.7 cm³/mol. The van der Waals surface area contributed by atoms with Crippen LogP contribution in [0.3, 0.4) is 0 Å². The summed E-state index contributed by atoms with van der Waals surface area (Å²) in [5.74, 6) is 0. The maximum Gasteiger partial charge on any atom is 0.462 e. The van der Waals surface area contributed by atoms with Crippen molar-refractivity contribution in [2.45, 2.75) is 65.3 Å². The zero-order valence-corrected chi connectivity index (χ0v) is 16.2. The molecule has 4 nitrogen and oxygen atoms in total. The number of hydrogen-bond donors (Lipinski definition) is 1. The van der Waals surface area contributed by atoms with Crippen molar-refractivity contribution in [3.63, 3.8) is 0 Å². The van der Waals surface area contributed by atoms with E-state index in [1.807, 2.05) is 20.8 Å². The third kappa shape index (κ3) is 10.1. The van der Waals surface area contributed by atoms with Crippen LogP contribution in [0.1, 0.15) is 59.3 Å². The van der Waals surface area contributed by atoms with Crippen LogP contribution in [0.4, 0.5) is 0 Å². The number of rotatable bonds is 15. The van der Waals surface area contributed by atoms with Crippen LogP contribution in [0.5, 0.6) is 0 Å². The van der Waals surface area contributed by atoms with Crippen molar-refractivity contribution in [2.24, 2.45) is 5.73 Å². The van der Waals surface area contributed by atoms with Gasteiger partial charge in [-0.2, -0.15) is 0 Å². The molecule has 6 heteroatoms. The lowest BCUT2D eigenvalue weighted by Crippen LogP contribution is -2.52. The van der Waals surface area contributed by atoms with Crippen LogP contribution in [0.25, 0.3) is 0 Å². The van der Waals surface area contributed by atoms with Gasteiger partial charge in [0.25, 0.3) is 0 Å². The summed E-state index contributed by atoms with van der Waals surface area (Å²) in [7, 11) is -2.66. The Bertz CT molecular complexity index is 192. The summed E-state index contributed by atoms with van der Waals surface area (Å²) < 4.78 is 17.7. The number of nitrogens with two attached hydrogens (primary N) is 1. The van der Waals surface area contributed by atoms with E-state index in [4.69, 9.17) is 19.0 Å². The molecule has 0 unspecified atom stereocenters. The van der Waals surface area contributed by atoms with Crippen LogP contribution in [0, 0.1) is 0 Å². The van der Waals surface area contributed by atoms with E-state index >= 15 is 0 Å². The van der Waals surface area contributed by atoms with Crippen LogP contribution in [0.2, 0.25) is 6.04 Å². The fraction of sp³-hybridized carbons (Fsp3) is 1.00. The Balaban J connectivity index is 3.82. The highest BCUT2D eigenvalue weighted by molar-refractivity contribution is 7.14. The molecule has 0 spiro atoms. The van der Waals surface area contributed by atoms with Crippen molar-refractivity contribution in [3.8, 4) is 0 Å². The third-order valence-electron chi connectivity index (χ3n) is 3.28. The molecule has 0 atom stereocenters. The van der Waals surface area contributed by atoms with Gasteiger partial charge in [0.2, 0.25) is 0 Å². The van der Waals surface area contributed by atoms with Crippen molar-refractivity contribution >= 4 is 17.4 Å². The summed E-state index contributed by atoms with van der Waals surface area (Å²) in [5.41, 5.74) is 5.49. The molecule has 0 saturated heterocycles. The summed E-state index contributed by atoms with van der Waals surface area (Å²) in [4.78, 5) is 0. The number of unbranched alkanes of at least 4 members (excludes halogenated alkanes) is 5. The summed E-state index contributed by atoms with van der Waals surface area (Å²) >= 11 is 0. The maximum absolute atomic E-state index is 5.91. The summed E-state index contributed by atoms with van der Waals surface area (Å²) in [6, 6.07) is 1.28. The van der Waals surface area contributed by atoms with E-state index in [-0.39, 0.29) is 0 Å². The molecule has 2 N–H and O–H groups in total. The van der Waals surface area contributed by atoms with E-state index in [0.29, 0.717) is 19.8 Å². The molecule has 0 bridgehead atoms. The van der Waals surface area contributed by atoms with Crippen LogP contribution < -0.4 is 5.73 Å². The molecule has 0 radical (unpaired) electrons. The fourth-order valence-corrected chi connectivity index (χ4v) is 10.6. The lowest BCUT2D eigenvalue weighted by molar-refractivity contribution is 0.0928. The van der Waals surface area contributed by atoms with Gasteiger partial charge in [-0.05, 0) is 33.7 Å². The zero-order valence-electron chi connectivity index (χ0n) is 13.8. The molecule has 0 aromatic rings. The Labute approximate surface area is 128 Å². The Kier molecular flexibility index (Phi) is 14.4. The topological polar surface area (TPSA) is 53.7 Å². The van der Waals surface area contributed by atoms with Gasteiger partial charge in [0.1, 0.15) is 9.04 Å². The van der Waals surface area contributed by atoms with Crippen molar-refractivity contribution < 1.29 is 13.3 Å². The minimum absolute atomic E-state index is 0.406. The first-order valence-corrected chi connectivity index (χ1v) is 13.4.